The summed E-state index contributed by atoms with van der Waals surface area (Å²) in [6.45, 7) is 5.34. The zero-order valence-electron chi connectivity index (χ0n) is 17.6. The number of pyridine rings is 1. The number of nitriles is 1. The molecular weight excluding hydrogens is 384 g/mol. The van der Waals surface area contributed by atoms with Crippen molar-refractivity contribution in [3.05, 3.63) is 94.4 Å². The molecule has 31 heavy (non-hydrogen) atoms. The SMILES string of the molecule is CCc1nc2c(C)ccnc2n1Cc1ccc2c(c1)COc1ccccc1C2=CC#N. The van der Waals surface area contributed by atoms with Gasteiger partial charge in [0, 0.05) is 29.8 Å². The van der Waals surface area contributed by atoms with Gasteiger partial charge in [0.25, 0.3) is 0 Å². The van der Waals surface area contributed by atoms with Gasteiger partial charge in [-0.15, -0.1) is 0 Å². The first-order chi connectivity index (χ1) is 15.2. The normalized spacial score (nSPS) is 13.9. The maximum absolute atomic E-state index is 9.38. The maximum Gasteiger partial charge on any atom is 0.160 e. The topological polar surface area (TPSA) is 63.7 Å². The van der Waals surface area contributed by atoms with Gasteiger partial charge in [-0.05, 0) is 47.4 Å². The van der Waals surface area contributed by atoms with Crippen LogP contribution in [0.5, 0.6) is 5.75 Å². The fraction of sp³-hybridized carbons (Fsp3) is 0.192. The molecule has 2 aromatic carbocycles. The second-order valence-electron chi connectivity index (χ2n) is 7.73. The molecule has 1 aliphatic heterocycles. The second kappa shape index (κ2) is 7.73. The quantitative estimate of drug-likeness (QED) is 0.439. The molecule has 3 heterocycles. The number of rotatable bonds is 3. The number of hydrogen-bond donors (Lipinski definition) is 0. The predicted molar refractivity (Wildman–Crippen MR) is 121 cm³/mol. The van der Waals surface area contributed by atoms with Crippen molar-refractivity contribution in [2.75, 3.05) is 0 Å². The number of ether oxygens (including phenoxy) is 1. The summed E-state index contributed by atoms with van der Waals surface area (Å²) in [6.07, 6.45) is 4.29. The number of para-hydroxylation sites is 1. The fourth-order valence-electron chi connectivity index (χ4n) is 4.27. The number of fused-ring (bicyclic) bond motifs is 3. The van der Waals surface area contributed by atoms with Gasteiger partial charge in [-0.2, -0.15) is 5.26 Å². The molecule has 0 spiro atoms. The lowest BCUT2D eigenvalue weighted by Crippen LogP contribution is -2.06. The molecule has 0 radical (unpaired) electrons. The minimum absolute atomic E-state index is 0.464. The zero-order valence-corrected chi connectivity index (χ0v) is 17.6. The minimum Gasteiger partial charge on any atom is -0.488 e. The van der Waals surface area contributed by atoms with Gasteiger partial charge in [-0.25, -0.2) is 9.97 Å². The molecule has 5 heteroatoms. The van der Waals surface area contributed by atoms with Gasteiger partial charge in [-0.1, -0.05) is 37.3 Å². The van der Waals surface area contributed by atoms with E-state index in [2.05, 4.69) is 47.7 Å². The first kappa shape index (κ1) is 19.1. The van der Waals surface area contributed by atoms with Crippen molar-refractivity contribution < 1.29 is 4.74 Å². The average molecular weight is 406 g/mol. The monoisotopic (exact) mass is 406 g/mol. The molecule has 0 bridgehead atoms. The molecule has 1 aliphatic rings. The van der Waals surface area contributed by atoms with E-state index in [1.807, 2.05) is 36.5 Å². The van der Waals surface area contributed by atoms with Crippen molar-refractivity contribution in [1.82, 2.24) is 14.5 Å². The van der Waals surface area contributed by atoms with Crippen LogP contribution in [0.4, 0.5) is 0 Å². The Labute approximate surface area is 181 Å². The smallest absolute Gasteiger partial charge is 0.160 e. The molecule has 0 atom stereocenters. The van der Waals surface area contributed by atoms with Crippen molar-refractivity contribution >= 4 is 16.7 Å². The number of hydrogen-bond acceptors (Lipinski definition) is 4. The van der Waals surface area contributed by atoms with E-state index in [1.165, 1.54) is 0 Å². The van der Waals surface area contributed by atoms with E-state index in [1.54, 1.807) is 6.08 Å². The highest BCUT2D eigenvalue weighted by atomic mass is 16.5. The van der Waals surface area contributed by atoms with Crippen molar-refractivity contribution in [2.45, 2.75) is 33.4 Å². The van der Waals surface area contributed by atoms with Crippen molar-refractivity contribution in [3.63, 3.8) is 0 Å². The number of allylic oxidation sites excluding steroid dienone is 1. The Bertz CT molecular complexity index is 1370. The van der Waals surface area contributed by atoms with Crippen LogP contribution in [0, 0.1) is 18.3 Å². The van der Waals surface area contributed by atoms with Gasteiger partial charge in [0.1, 0.15) is 23.7 Å². The molecular formula is C26H22N4O. The van der Waals surface area contributed by atoms with E-state index >= 15 is 0 Å². The van der Waals surface area contributed by atoms with E-state index in [0.717, 1.165) is 62.5 Å². The van der Waals surface area contributed by atoms with Crippen LogP contribution in [0.15, 0.2) is 60.8 Å². The van der Waals surface area contributed by atoms with Crippen LogP contribution in [0.3, 0.4) is 0 Å². The summed E-state index contributed by atoms with van der Waals surface area (Å²) >= 11 is 0. The Balaban J connectivity index is 1.58. The number of benzene rings is 2. The van der Waals surface area contributed by atoms with Gasteiger partial charge in [0.05, 0.1) is 12.6 Å². The zero-order chi connectivity index (χ0) is 21.4. The van der Waals surface area contributed by atoms with E-state index in [9.17, 15) is 5.26 Å². The number of aromatic nitrogens is 3. The minimum atomic E-state index is 0.464. The third-order valence-corrected chi connectivity index (χ3v) is 5.80. The number of nitrogens with zero attached hydrogens (tertiary/aromatic N) is 4. The van der Waals surface area contributed by atoms with E-state index in [4.69, 9.17) is 9.72 Å². The van der Waals surface area contributed by atoms with Gasteiger partial charge in [0.2, 0.25) is 0 Å². The Hall–Kier alpha value is -3.91. The predicted octanol–water partition coefficient (Wildman–Crippen LogP) is 5.20. The van der Waals surface area contributed by atoms with Crippen molar-refractivity contribution in [2.24, 2.45) is 0 Å². The number of imidazole rings is 1. The molecule has 0 saturated carbocycles. The molecule has 0 amide bonds. The molecule has 0 unspecified atom stereocenters. The molecule has 5 nitrogen and oxygen atoms in total. The first-order valence-corrected chi connectivity index (χ1v) is 10.4. The Morgan fingerprint density at radius 2 is 2.03 bits per heavy atom. The molecule has 152 valence electrons. The van der Waals surface area contributed by atoms with Crippen LogP contribution in [0.25, 0.3) is 16.7 Å². The molecule has 0 fully saturated rings. The third-order valence-electron chi connectivity index (χ3n) is 5.80. The lowest BCUT2D eigenvalue weighted by molar-refractivity contribution is 0.307. The molecule has 4 aromatic rings. The van der Waals surface area contributed by atoms with E-state index < -0.39 is 0 Å². The highest BCUT2D eigenvalue weighted by Crippen LogP contribution is 2.37. The molecule has 0 aliphatic carbocycles. The van der Waals surface area contributed by atoms with Crippen molar-refractivity contribution in [1.29, 1.82) is 5.26 Å². The standard InChI is InChI=1S/C26H22N4O/c1-3-24-29-25-17(2)11-13-28-26(25)30(24)15-18-8-9-20-19(14-18)16-31-23-7-5-4-6-22(23)21(20)10-12-27/h4-11,13-14H,3,15-16H2,1-2H3. The maximum atomic E-state index is 9.38. The van der Waals surface area contributed by atoms with Gasteiger partial charge >= 0.3 is 0 Å². The molecule has 2 aromatic heterocycles. The van der Waals surface area contributed by atoms with E-state index in [-0.39, 0.29) is 0 Å². The average Bonchev–Trinajstić information content (AvgIpc) is 3.07. The highest BCUT2D eigenvalue weighted by molar-refractivity contribution is 5.86. The van der Waals surface area contributed by atoms with Gasteiger partial charge in [-0.3, -0.25) is 0 Å². The highest BCUT2D eigenvalue weighted by Gasteiger charge is 2.20. The summed E-state index contributed by atoms with van der Waals surface area (Å²) in [4.78, 5) is 9.43. The summed E-state index contributed by atoms with van der Waals surface area (Å²) in [6, 6.07) is 18.5. The Morgan fingerprint density at radius 3 is 2.87 bits per heavy atom. The largest absolute Gasteiger partial charge is 0.488 e. The summed E-state index contributed by atoms with van der Waals surface area (Å²) in [5, 5.41) is 9.38. The summed E-state index contributed by atoms with van der Waals surface area (Å²) in [5.74, 6) is 1.83. The van der Waals surface area contributed by atoms with Crippen LogP contribution in [0.2, 0.25) is 0 Å². The van der Waals surface area contributed by atoms with E-state index in [0.29, 0.717) is 13.2 Å². The lowest BCUT2D eigenvalue weighted by Gasteiger charge is -2.12. The van der Waals surface area contributed by atoms with Gasteiger partial charge < -0.3 is 9.30 Å². The van der Waals surface area contributed by atoms with Crippen LogP contribution in [-0.2, 0) is 19.6 Å². The fourth-order valence-corrected chi connectivity index (χ4v) is 4.27. The Kier molecular flexibility index (Phi) is 4.76. The van der Waals surface area contributed by atoms with Crippen LogP contribution < -0.4 is 4.74 Å². The molecule has 0 saturated heterocycles. The second-order valence-corrected chi connectivity index (χ2v) is 7.73. The first-order valence-electron chi connectivity index (χ1n) is 10.4. The van der Waals surface area contributed by atoms with Crippen molar-refractivity contribution in [3.8, 4) is 11.8 Å². The summed E-state index contributed by atoms with van der Waals surface area (Å²) < 4.78 is 8.29. The summed E-state index contributed by atoms with van der Waals surface area (Å²) in [5.41, 5.74) is 8.13. The van der Waals surface area contributed by atoms with Crippen LogP contribution >= 0.6 is 0 Å². The van der Waals surface area contributed by atoms with Crippen LogP contribution in [-0.4, -0.2) is 14.5 Å². The van der Waals surface area contributed by atoms with Crippen LogP contribution in [0.1, 0.15) is 40.6 Å². The third kappa shape index (κ3) is 3.27. The summed E-state index contributed by atoms with van der Waals surface area (Å²) in [7, 11) is 0. The molecule has 5 rings (SSSR count). The Morgan fingerprint density at radius 1 is 1.16 bits per heavy atom. The number of aryl methyl sites for hydroxylation is 2. The van der Waals surface area contributed by atoms with Gasteiger partial charge in [0.15, 0.2) is 5.65 Å². The molecule has 0 N–H and O–H groups in total. The lowest BCUT2D eigenvalue weighted by atomic mass is 9.93.